The van der Waals surface area contributed by atoms with Crippen molar-refractivity contribution in [3.63, 3.8) is 0 Å². The summed E-state index contributed by atoms with van der Waals surface area (Å²) >= 11 is 0. The first-order valence-corrected chi connectivity index (χ1v) is 7.73. The molecule has 0 aromatic heterocycles. The Labute approximate surface area is 121 Å². The summed E-state index contributed by atoms with van der Waals surface area (Å²) in [6.07, 6.45) is 5.47. The number of hydrogen-bond acceptors (Lipinski definition) is 3. The van der Waals surface area contributed by atoms with Gasteiger partial charge in [0.15, 0.2) is 0 Å². The van der Waals surface area contributed by atoms with Gasteiger partial charge in [-0.05, 0) is 46.2 Å². The summed E-state index contributed by atoms with van der Waals surface area (Å²) in [6, 6.07) is -0.255. The first kappa shape index (κ1) is 17.0. The highest BCUT2D eigenvalue weighted by Crippen LogP contribution is 2.15. The molecule has 5 nitrogen and oxygen atoms in total. The van der Waals surface area contributed by atoms with Crippen LogP contribution in [0.5, 0.6) is 0 Å². The molecule has 5 heteroatoms. The molecular formula is C15H28N2O3. The molecular weight excluding hydrogens is 256 g/mol. The average molecular weight is 284 g/mol. The van der Waals surface area contributed by atoms with Crippen LogP contribution in [0.25, 0.3) is 0 Å². The Morgan fingerprint density at radius 2 is 1.70 bits per heavy atom. The van der Waals surface area contributed by atoms with Crippen LogP contribution in [0.1, 0.15) is 52.9 Å². The summed E-state index contributed by atoms with van der Waals surface area (Å²) < 4.78 is 0. The Morgan fingerprint density at radius 3 is 2.15 bits per heavy atom. The smallest absolute Gasteiger partial charge is 0.323 e. The predicted molar refractivity (Wildman–Crippen MR) is 78.6 cm³/mol. The minimum atomic E-state index is -0.943. The molecule has 116 valence electrons. The standard InChI is InChI=1S/C15H28N2O3/c1-4-12(2)17(11-14(18)19)15(20)13(3)16-9-7-5-6-8-10-16/h12-13H,4-11H2,1-3H3,(H,18,19). The summed E-state index contributed by atoms with van der Waals surface area (Å²) in [6.45, 7) is 7.47. The molecule has 0 aliphatic carbocycles. The topological polar surface area (TPSA) is 60.9 Å². The molecule has 20 heavy (non-hydrogen) atoms. The Bertz CT molecular complexity index is 325. The molecule has 1 N–H and O–H groups in total. The molecule has 0 aromatic carbocycles. The van der Waals surface area contributed by atoms with Crippen molar-refractivity contribution in [3.8, 4) is 0 Å². The molecule has 0 radical (unpaired) electrons. The van der Waals surface area contributed by atoms with E-state index in [2.05, 4.69) is 4.90 Å². The third kappa shape index (κ3) is 4.78. The number of carbonyl (C=O) groups is 2. The highest BCUT2D eigenvalue weighted by molar-refractivity contribution is 5.85. The second kappa shape index (κ2) is 8.25. The number of carboxylic acids is 1. The van der Waals surface area contributed by atoms with Crippen LogP contribution < -0.4 is 0 Å². The van der Waals surface area contributed by atoms with Crippen molar-refractivity contribution in [3.05, 3.63) is 0 Å². The minimum absolute atomic E-state index is 0.0342. The van der Waals surface area contributed by atoms with E-state index in [1.807, 2.05) is 20.8 Å². The number of amides is 1. The predicted octanol–water partition coefficient (Wildman–Crippen LogP) is 1.96. The lowest BCUT2D eigenvalue weighted by molar-refractivity contribution is -0.148. The number of likely N-dealkylation sites (tertiary alicyclic amines) is 1. The zero-order valence-corrected chi connectivity index (χ0v) is 13.0. The lowest BCUT2D eigenvalue weighted by atomic mass is 10.1. The number of aliphatic carboxylic acids is 1. The maximum Gasteiger partial charge on any atom is 0.323 e. The number of nitrogens with zero attached hydrogens (tertiary/aromatic N) is 2. The Hall–Kier alpha value is -1.10. The van der Waals surface area contributed by atoms with Crippen molar-refractivity contribution >= 4 is 11.9 Å². The highest BCUT2D eigenvalue weighted by atomic mass is 16.4. The Morgan fingerprint density at radius 1 is 1.15 bits per heavy atom. The lowest BCUT2D eigenvalue weighted by Crippen LogP contribution is -2.51. The zero-order valence-electron chi connectivity index (χ0n) is 13.0. The molecule has 1 amide bonds. The molecule has 0 spiro atoms. The Kier molecular flexibility index (Phi) is 6.99. The van der Waals surface area contributed by atoms with Gasteiger partial charge in [-0.2, -0.15) is 0 Å². The van der Waals surface area contributed by atoms with E-state index in [0.717, 1.165) is 32.4 Å². The van der Waals surface area contributed by atoms with Gasteiger partial charge in [-0.1, -0.05) is 19.8 Å². The van der Waals surface area contributed by atoms with Gasteiger partial charge in [0, 0.05) is 6.04 Å². The quantitative estimate of drug-likeness (QED) is 0.810. The molecule has 1 aliphatic heterocycles. The second-order valence-electron chi connectivity index (χ2n) is 5.74. The fourth-order valence-corrected chi connectivity index (χ4v) is 2.70. The van der Waals surface area contributed by atoms with Crippen molar-refractivity contribution in [2.24, 2.45) is 0 Å². The summed E-state index contributed by atoms with van der Waals surface area (Å²) in [7, 11) is 0. The summed E-state index contributed by atoms with van der Waals surface area (Å²) in [5.41, 5.74) is 0. The van der Waals surface area contributed by atoms with E-state index in [0.29, 0.717) is 0 Å². The Balaban J connectivity index is 2.73. The number of carbonyl (C=O) groups excluding carboxylic acids is 1. The van der Waals surface area contributed by atoms with Crippen molar-refractivity contribution in [2.75, 3.05) is 19.6 Å². The van der Waals surface area contributed by atoms with Crippen LogP contribution in [0.4, 0.5) is 0 Å². The fourth-order valence-electron chi connectivity index (χ4n) is 2.70. The van der Waals surface area contributed by atoms with Crippen LogP contribution in [0, 0.1) is 0 Å². The maximum absolute atomic E-state index is 12.6. The van der Waals surface area contributed by atoms with Crippen LogP contribution >= 0.6 is 0 Å². The van der Waals surface area contributed by atoms with E-state index in [-0.39, 0.29) is 24.5 Å². The van der Waals surface area contributed by atoms with Gasteiger partial charge >= 0.3 is 5.97 Å². The third-order valence-corrected chi connectivity index (χ3v) is 4.26. The van der Waals surface area contributed by atoms with Crippen LogP contribution in [0.15, 0.2) is 0 Å². The SMILES string of the molecule is CCC(C)N(CC(=O)O)C(=O)C(C)N1CCCCCC1. The van der Waals surface area contributed by atoms with Gasteiger partial charge < -0.3 is 10.0 Å². The third-order valence-electron chi connectivity index (χ3n) is 4.26. The summed E-state index contributed by atoms with van der Waals surface area (Å²) in [5.74, 6) is -0.995. The van der Waals surface area contributed by atoms with Crippen LogP contribution in [-0.4, -0.2) is 58.5 Å². The normalized spacial score (nSPS) is 19.9. The first-order valence-electron chi connectivity index (χ1n) is 7.73. The molecule has 0 saturated carbocycles. The van der Waals surface area contributed by atoms with Gasteiger partial charge in [0.05, 0.1) is 6.04 Å². The van der Waals surface area contributed by atoms with Gasteiger partial charge in [-0.15, -0.1) is 0 Å². The lowest BCUT2D eigenvalue weighted by Gasteiger charge is -2.34. The van der Waals surface area contributed by atoms with Gasteiger partial charge in [0.25, 0.3) is 0 Å². The van der Waals surface area contributed by atoms with E-state index < -0.39 is 5.97 Å². The highest BCUT2D eigenvalue weighted by Gasteiger charge is 2.29. The molecule has 2 unspecified atom stereocenters. The number of rotatable bonds is 6. The molecule has 1 saturated heterocycles. The van der Waals surface area contributed by atoms with E-state index in [1.54, 1.807) is 0 Å². The van der Waals surface area contributed by atoms with Gasteiger partial charge in [-0.3, -0.25) is 14.5 Å². The largest absolute Gasteiger partial charge is 0.480 e. The zero-order chi connectivity index (χ0) is 15.1. The number of carboxylic acid groups (broad SMARTS) is 1. The first-order chi connectivity index (χ1) is 9.47. The maximum atomic E-state index is 12.6. The molecule has 0 bridgehead atoms. The summed E-state index contributed by atoms with van der Waals surface area (Å²) in [5, 5.41) is 9.01. The van der Waals surface area contributed by atoms with Crippen molar-refractivity contribution in [1.82, 2.24) is 9.80 Å². The van der Waals surface area contributed by atoms with E-state index in [9.17, 15) is 9.59 Å². The minimum Gasteiger partial charge on any atom is -0.480 e. The molecule has 2 atom stereocenters. The molecule has 0 aromatic rings. The monoisotopic (exact) mass is 284 g/mol. The average Bonchev–Trinajstić information content (AvgIpc) is 2.71. The van der Waals surface area contributed by atoms with Crippen LogP contribution in [0.2, 0.25) is 0 Å². The molecule has 1 aliphatic rings. The van der Waals surface area contributed by atoms with Crippen molar-refractivity contribution in [1.29, 1.82) is 0 Å². The molecule has 1 fully saturated rings. The fraction of sp³-hybridized carbons (Fsp3) is 0.867. The van der Waals surface area contributed by atoms with E-state index >= 15 is 0 Å². The number of hydrogen-bond donors (Lipinski definition) is 1. The molecule has 1 heterocycles. The van der Waals surface area contributed by atoms with Crippen molar-refractivity contribution in [2.45, 2.75) is 65.0 Å². The summed E-state index contributed by atoms with van der Waals surface area (Å²) in [4.78, 5) is 27.3. The van der Waals surface area contributed by atoms with E-state index in [4.69, 9.17) is 5.11 Å². The van der Waals surface area contributed by atoms with Crippen LogP contribution in [-0.2, 0) is 9.59 Å². The molecule has 1 rings (SSSR count). The van der Waals surface area contributed by atoms with Crippen molar-refractivity contribution < 1.29 is 14.7 Å². The van der Waals surface area contributed by atoms with E-state index in [1.165, 1.54) is 17.7 Å². The van der Waals surface area contributed by atoms with Gasteiger partial charge in [0.1, 0.15) is 6.54 Å². The second-order valence-corrected chi connectivity index (χ2v) is 5.74. The van der Waals surface area contributed by atoms with Gasteiger partial charge in [-0.25, -0.2) is 0 Å². The van der Waals surface area contributed by atoms with Gasteiger partial charge in [0.2, 0.25) is 5.91 Å². The van der Waals surface area contributed by atoms with Crippen LogP contribution in [0.3, 0.4) is 0 Å².